The highest BCUT2D eigenvalue weighted by molar-refractivity contribution is 5.57. The highest BCUT2D eigenvalue weighted by Gasteiger charge is 2.46. The Bertz CT molecular complexity index is 1300. The van der Waals surface area contributed by atoms with Crippen LogP contribution in [-0.2, 0) is 15.1 Å². The quantitative estimate of drug-likeness (QED) is 0.348. The van der Waals surface area contributed by atoms with E-state index in [1.54, 1.807) is 0 Å². The Hall–Kier alpha value is -4.07. The number of carbonyl (C=O) groups is 1. The van der Waals surface area contributed by atoms with Crippen LogP contribution in [-0.4, -0.2) is 39.9 Å². The lowest BCUT2D eigenvalue weighted by Gasteiger charge is -2.50. The van der Waals surface area contributed by atoms with Crippen LogP contribution in [0, 0.1) is 0 Å². The number of carbonyl (C=O) groups excluding carboxylic acids is 1. The van der Waals surface area contributed by atoms with Gasteiger partial charge in [0.2, 0.25) is 0 Å². The van der Waals surface area contributed by atoms with Gasteiger partial charge in [0.15, 0.2) is 6.23 Å². The first-order chi connectivity index (χ1) is 17.1. The summed E-state index contributed by atoms with van der Waals surface area (Å²) in [6, 6.07) is 31.6. The monoisotopic (exact) mass is 467 g/mol. The molecule has 2 heterocycles. The molecule has 0 bridgehead atoms. The smallest absolute Gasteiger partial charge is 0.330 e. The predicted octanol–water partition coefficient (Wildman–Crippen LogP) is 2.93. The molecule has 0 amide bonds. The number of hydrogen-bond acceptors (Lipinski definition) is 5. The van der Waals surface area contributed by atoms with Gasteiger partial charge in [-0.3, -0.25) is 19.2 Å². The number of benzene rings is 3. The van der Waals surface area contributed by atoms with Crippen molar-refractivity contribution in [2.75, 3.05) is 13.1 Å². The molecule has 3 aromatic carbocycles. The zero-order valence-electron chi connectivity index (χ0n) is 19.0. The Kier molecular flexibility index (Phi) is 6.27. The minimum absolute atomic E-state index is 0.301. The number of aromatic nitrogens is 2. The van der Waals surface area contributed by atoms with E-state index in [4.69, 9.17) is 4.74 Å². The van der Waals surface area contributed by atoms with Crippen LogP contribution in [0.4, 0.5) is 0 Å². The summed E-state index contributed by atoms with van der Waals surface area (Å²) in [4.78, 5) is 40.8. The molecule has 0 spiro atoms. The van der Waals surface area contributed by atoms with Crippen LogP contribution in [0.1, 0.15) is 22.9 Å². The van der Waals surface area contributed by atoms with Gasteiger partial charge in [-0.25, -0.2) is 4.79 Å². The van der Waals surface area contributed by atoms with E-state index in [1.165, 1.54) is 16.8 Å². The van der Waals surface area contributed by atoms with Crippen LogP contribution in [0.5, 0.6) is 0 Å². The fraction of sp³-hybridized carbons (Fsp3) is 0.179. The van der Waals surface area contributed by atoms with Gasteiger partial charge in [0.25, 0.3) is 5.56 Å². The van der Waals surface area contributed by atoms with Gasteiger partial charge in [-0.15, -0.1) is 0 Å². The molecule has 4 aromatic rings. The van der Waals surface area contributed by atoms with E-state index >= 15 is 0 Å². The molecule has 176 valence electrons. The molecule has 0 unspecified atom stereocenters. The third-order valence-corrected chi connectivity index (χ3v) is 6.47. The molecule has 2 atom stereocenters. The molecule has 0 radical (unpaired) electrons. The molecule has 0 saturated carbocycles. The maximum absolute atomic E-state index is 12.6. The van der Waals surface area contributed by atoms with E-state index in [0.29, 0.717) is 13.1 Å². The zero-order chi connectivity index (χ0) is 24.3. The number of nitrogens with one attached hydrogen (secondary N) is 1. The Morgan fingerprint density at radius 2 is 1.29 bits per heavy atom. The summed E-state index contributed by atoms with van der Waals surface area (Å²) in [6.45, 7) is 0.617. The third-order valence-electron chi connectivity index (χ3n) is 6.47. The van der Waals surface area contributed by atoms with Crippen molar-refractivity contribution in [1.29, 1.82) is 0 Å². The molecule has 5 rings (SSSR count). The van der Waals surface area contributed by atoms with E-state index in [-0.39, 0.29) is 0 Å². The van der Waals surface area contributed by atoms with E-state index in [9.17, 15) is 14.4 Å². The van der Waals surface area contributed by atoms with Crippen LogP contribution in [0.2, 0.25) is 0 Å². The largest absolute Gasteiger partial charge is 0.344 e. The van der Waals surface area contributed by atoms with E-state index < -0.39 is 29.1 Å². The molecule has 1 saturated heterocycles. The van der Waals surface area contributed by atoms with Crippen LogP contribution < -0.4 is 11.2 Å². The topological polar surface area (TPSA) is 84.4 Å². The first kappa shape index (κ1) is 22.7. The Balaban J connectivity index is 1.75. The van der Waals surface area contributed by atoms with Gasteiger partial charge in [0.1, 0.15) is 12.4 Å². The number of H-pyrrole nitrogens is 1. The van der Waals surface area contributed by atoms with Crippen LogP contribution >= 0.6 is 0 Å². The van der Waals surface area contributed by atoms with Gasteiger partial charge in [0.05, 0.1) is 5.54 Å². The molecule has 1 N–H and O–H groups in total. The normalized spacial score (nSPS) is 18.7. The van der Waals surface area contributed by atoms with Crippen molar-refractivity contribution in [2.45, 2.75) is 17.9 Å². The summed E-state index contributed by atoms with van der Waals surface area (Å²) in [5.41, 5.74) is 1.24. The Morgan fingerprint density at radius 3 is 1.74 bits per heavy atom. The molecular weight excluding hydrogens is 442 g/mol. The lowest BCUT2D eigenvalue weighted by molar-refractivity contribution is -0.152. The van der Waals surface area contributed by atoms with Gasteiger partial charge in [-0.05, 0) is 16.7 Å². The van der Waals surface area contributed by atoms with Crippen molar-refractivity contribution in [3.05, 3.63) is 141 Å². The van der Waals surface area contributed by atoms with Gasteiger partial charge < -0.3 is 9.53 Å². The van der Waals surface area contributed by atoms with Crippen molar-refractivity contribution in [1.82, 2.24) is 14.5 Å². The zero-order valence-corrected chi connectivity index (χ0v) is 19.0. The maximum atomic E-state index is 12.6. The molecule has 0 aliphatic carbocycles. The second kappa shape index (κ2) is 9.66. The fourth-order valence-electron chi connectivity index (χ4n) is 5.01. The number of ether oxygens (including phenoxy) is 1. The Morgan fingerprint density at radius 1 is 0.771 bits per heavy atom. The average Bonchev–Trinajstić information content (AvgIpc) is 2.91. The first-order valence-corrected chi connectivity index (χ1v) is 11.5. The summed E-state index contributed by atoms with van der Waals surface area (Å²) in [6.07, 6.45) is 0.621. The number of morpholine rings is 1. The Labute approximate surface area is 202 Å². The predicted molar refractivity (Wildman–Crippen MR) is 132 cm³/mol. The minimum atomic E-state index is -0.779. The average molecular weight is 468 g/mol. The van der Waals surface area contributed by atoms with E-state index in [2.05, 4.69) is 46.3 Å². The number of aromatic amines is 1. The number of hydrogen-bond donors (Lipinski definition) is 1. The van der Waals surface area contributed by atoms with Crippen LogP contribution in [0.25, 0.3) is 0 Å². The van der Waals surface area contributed by atoms with Crippen molar-refractivity contribution >= 4 is 6.29 Å². The van der Waals surface area contributed by atoms with Crippen molar-refractivity contribution in [3.63, 3.8) is 0 Å². The van der Waals surface area contributed by atoms with Crippen LogP contribution in [0.3, 0.4) is 0 Å². The molecule has 7 nitrogen and oxygen atoms in total. The lowest BCUT2D eigenvalue weighted by atomic mass is 9.75. The molecule has 1 aliphatic heterocycles. The number of aldehydes is 1. The standard InChI is InChI=1S/C28H25N3O4/c32-20-24-18-30(19-26(35-24)31-17-16-25(33)29-27(31)34)28(21-10-4-1-5-11-21,22-12-6-2-7-13-22)23-14-8-3-9-15-23/h1-17,20,24,26H,18-19H2,(H,29,33,34)/t24-,26+/m0/s1. The summed E-state index contributed by atoms with van der Waals surface area (Å²) in [5, 5.41) is 0. The van der Waals surface area contributed by atoms with Crippen molar-refractivity contribution in [2.24, 2.45) is 0 Å². The second-order valence-electron chi connectivity index (χ2n) is 8.50. The molecular formula is C28H25N3O4. The molecule has 1 fully saturated rings. The number of rotatable bonds is 6. The SMILES string of the molecule is O=C[C@@H]1CN(C(c2ccccc2)(c2ccccc2)c2ccccc2)C[C@H](n2ccc(=O)[nH]c2=O)O1. The number of nitrogens with zero attached hydrogens (tertiary/aromatic N) is 2. The van der Waals surface area contributed by atoms with Crippen molar-refractivity contribution in [3.8, 4) is 0 Å². The van der Waals surface area contributed by atoms with Crippen LogP contribution in [0.15, 0.2) is 113 Å². The fourth-order valence-corrected chi connectivity index (χ4v) is 5.01. The van der Waals surface area contributed by atoms with E-state index in [1.807, 2.05) is 54.6 Å². The summed E-state index contributed by atoms with van der Waals surface area (Å²) in [5.74, 6) is 0. The molecule has 1 aliphatic rings. The van der Waals surface area contributed by atoms with Gasteiger partial charge in [-0.1, -0.05) is 91.0 Å². The molecule has 1 aromatic heterocycles. The third kappa shape index (κ3) is 4.16. The van der Waals surface area contributed by atoms with Crippen molar-refractivity contribution < 1.29 is 9.53 Å². The maximum Gasteiger partial charge on any atom is 0.330 e. The molecule has 7 heteroatoms. The highest BCUT2D eigenvalue weighted by Crippen LogP contribution is 2.44. The second-order valence-corrected chi connectivity index (χ2v) is 8.50. The molecule has 35 heavy (non-hydrogen) atoms. The lowest BCUT2D eigenvalue weighted by Crippen LogP contribution is -2.57. The van der Waals surface area contributed by atoms with E-state index in [0.717, 1.165) is 23.0 Å². The van der Waals surface area contributed by atoms with Gasteiger partial charge in [0, 0.05) is 25.4 Å². The minimum Gasteiger partial charge on any atom is -0.344 e. The highest BCUT2D eigenvalue weighted by atomic mass is 16.5. The van der Waals surface area contributed by atoms with Gasteiger partial charge in [-0.2, -0.15) is 0 Å². The first-order valence-electron chi connectivity index (χ1n) is 11.5. The summed E-state index contributed by atoms with van der Waals surface area (Å²) >= 11 is 0. The van der Waals surface area contributed by atoms with Gasteiger partial charge >= 0.3 is 5.69 Å². The summed E-state index contributed by atoms with van der Waals surface area (Å²) < 4.78 is 7.34. The summed E-state index contributed by atoms with van der Waals surface area (Å²) in [7, 11) is 0.